The van der Waals surface area contributed by atoms with E-state index in [1.165, 1.54) is 14.2 Å². The molecule has 22 heavy (non-hydrogen) atoms. The van der Waals surface area contributed by atoms with E-state index in [0.29, 0.717) is 24.0 Å². The number of ether oxygens (including phenoxy) is 2. The molecule has 4 nitrogen and oxygen atoms in total. The Morgan fingerprint density at radius 1 is 0.773 bits per heavy atom. The monoisotopic (exact) mass is 304 g/mol. The highest BCUT2D eigenvalue weighted by Gasteiger charge is 2.35. The lowest BCUT2D eigenvalue weighted by Crippen LogP contribution is -2.25. The SMILES string of the molecule is COC1=C(CC=C(C)C)C(=O)C(CC=C(C)C)=C(OC)C1=O. The highest BCUT2D eigenvalue weighted by atomic mass is 16.5. The fraction of sp³-hybridized carbons (Fsp3) is 0.444. The summed E-state index contributed by atoms with van der Waals surface area (Å²) in [5, 5.41) is 0. The van der Waals surface area contributed by atoms with Gasteiger partial charge in [-0.05, 0) is 40.5 Å². The Morgan fingerprint density at radius 2 is 1.14 bits per heavy atom. The first-order valence-electron chi connectivity index (χ1n) is 7.23. The number of carbonyl (C=O) groups excluding carboxylic acids is 2. The van der Waals surface area contributed by atoms with E-state index in [9.17, 15) is 9.59 Å². The van der Waals surface area contributed by atoms with Gasteiger partial charge in [0.15, 0.2) is 17.3 Å². The van der Waals surface area contributed by atoms with Crippen LogP contribution < -0.4 is 0 Å². The Bertz CT molecular complexity index is 543. The number of carbonyl (C=O) groups is 2. The molecule has 0 aromatic rings. The molecule has 0 saturated heterocycles. The van der Waals surface area contributed by atoms with Crippen molar-refractivity contribution < 1.29 is 19.1 Å². The number of methoxy groups -OCH3 is 2. The molecule has 0 unspecified atom stereocenters. The first-order valence-corrected chi connectivity index (χ1v) is 7.23. The van der Waals surface area contributed by atoms with Crippen molar-refractivity contribution in [3.63, 3.8) is 0 Å². The minimum Gasteiger partial charge on any atom is -0.492 e. The Labute approximate surface area is 132 Å². The smallest absolute Gasteiger partial charge is 0.262 e. The molecular formula is C18H24O4. The maximum absolute atomic E-state index is 12.7. The van der Waals surface area contributed by atoms with Crippen molar-refractivity contribution >= 4 is 11.6 Å². The van der Waals surface area contributed by atoms with Gasteiger partial charge in [-0.2, -0.15) is 0 Å². The number of hydrogen-bond donors (Lipinski definition) is 0. The normalized spacial score (nSPS) is 15.0. The van der Waals surface area contributed by atoms with Crippen LogP contribution in [-0.2, 0) is 19.1 Å². The van der Waals surface area contributed by atoms with Crippen LogP contribution in [0.2, 0.25) is 0 Å². The molecule has 4 heteroatoms. The van der Waals surface area contributed by atoms with Gasteiger partial charge in [0.2, 0.25) is 0 Å². The number of ketones is 2. The van der Waals surface area contributed by atoms with Gasteiger partial charge in [-0.1, -0.05) is 23.3 Å². The van der Waals surface area contributed by atoms with Gasteiger partial charge >= 0.3 is 0 Å². The van der Waals surface area contributed by atoms with Gasteiger partial charge in [0.05, 0.1) is 14.2 Å². The minimum absolute atomic E-state index is 0.0836. The molecule has 1 aliphatic carbocycles. The Kier molecular flexibility index (Phi) is 6.35. The number of hydrogen-bond acceptors (Lipinski definition) is 4. The van der Waals surface area contributed by atoms with Gasteiger partial charge < -0.3 is 9.47 Å². The third-order valence-corrected chi connectivity index (χ3v) is 3.35. The van der Waals surface area contributed by atoms with E-state index in [-0.39, 0.29) is 23.1 Å². The number of Topliss-reactive ketones (excluding diaryl/α,β-unsaturated/α-hetero) is 2. The molecule has 0 radical (unpaired) electrons. The van der Waals surface area contributed by atoms with Gasteiger partial charge in [0, 0.05) is 11.1 Å². The summed E-state index contributed by atoms with van der Waals surface area (Å²) in [7, 11) is 2.80. The van der Waals surface area contributed by atoms with Crippen LogP contribution in [-0.4, -0.2) is 25.8 Å². The van der Waals surface area contributed by atoms with Gasteiger partial charge in [0.25, 0.3) is 5.78 Å². The van der Waals surface area contributed by atoms with Gasteiger partial charge in [-0.15, -0.1) is 0 Å². The number of allylic oxidation sites excluding steroid dienone is 6. The Morgan fingerprint density at radius 3 is 1.41 bits per heavy atom. The highest BCUT2D eigenvalue weighted by molar-refractivity contribution is 6.23. The molecule has 0 bridgehead atoms. The predicted molar refractivity (Wildman–Crippen MR) is 86.2 cm³/mol. The predicted octanol–water partition coefficient (Wildman–Crippen LogP) is 3.65. The zero-order valence-corrected chi connectivity index (χ0v) is 14.2. The molecule has 0 fully saturated rings. The van der Waals surface area contributed by atoms with E-state index < -0.39 is 0 Å². The topological polar surface area (TPSA) is 52.6 Å². The molecule has 0 heterocycles. The second-order valence-electron chi connectivity index (χ2n) is 5.65. The summed E-state index contributed by atoms with van der Waals surface area (Å²) >= 11 is 0. The lowest BCUT2D eigenvalue weighted by Gasteiger charge is -2.21. The first kappa shape index (κ1) is 18.0. The summed E-state index contributed by atoms with van der Waals surface area (Å²) < 4.78 is 10.4. The molecule has 0 aromatic carbocycles. The van der Waals surface area contributed by atoms with Crippen LogP contribution in [0.25, 0.3) is 0 Å². The Balaban J connectivity index is 3.33. The van der Waals surface area contributed by atoms with Crippen LogP contribution >= 0.6 is 0 Å². The molecule has 120 valence electrons. The molecule has 0 saturated carbocycles. The lowest BCUT2D eigenvalue weighted by molar-refractivity contribution is -0.121. The summed E-state index contributed by atoms with van der Waals surface area (Å²) in [6, 6.07) is 0. The Hall–Kier alpha value is -2.10. The molecule has 1 aliphatic rings. The second kappa shape index (κ2) is 7.78. The third-order valence-electron chi connectivity index (χ3n) is 3.35. The van der Waals surface area contributed by atoms with Crippen molar-refractivity contribution in [2.75, 3.05) is 14.2 Å². The van der Waals surface area contributed by atoms with Crippen molar-refractivity contribution in [3.05, 3.63) is 46.0 Å². The first-order chi connectivity index (χ1) is 10.3. The second-order valence-corrected chi connectivity index (χ2v) is 5.65. The summed E-state index contributed by atoms with van der Waals surface area (Å²) in [4.78, 5) is 25.2. The van der Waals surface area contributed by atoms with E-state index in [1.54, 1.807) is 0 Å². The van der Waals surface area contributed by atoms with E-state index in [2.05, 4.69) is 0 Å². The quantitative estimate of drug-likeness (QED) is 0.555. The molecule has 0 N–H and O–H groups in total. The molecule has 0 spiro atoms. The van der Waals surface area contributed by atoms with Crippen molar-refractivity contribution in [1.82, 2.24) is 0 Å². The number of rotatable bonds is 6. The zero-order valence-electron chi connectivity index (χ0n) is 14.2. The van der Waals surface area contributed by atoms with Crippen LogP contribution in [0.1, 0.15) is 40.5 Å². The van der Waals surface area contributed by atoms with Crippen molar-refractivity contribution in [2.24, 2.45) is 0 Å². The highest BCUT2D eigenvalue weighted by Crippen LogP contribution is 2.30. The standard InChI is InChI=1S/C18H24O4/c1-11(2)7-9-13-15(19)14(10-8-12(3)4)18(22-6)16(20)17(13)21-5/h7-8H,9-10H2,1-6H3. The summed E-state index contributed by atoms with van der Waals surface area (Å²) in [5.41, 5.74) is 2.95. The zero-order chi connectivity index (χ0) is 16.9. The van der Waals surface area contributed by atoms with E-state index in [1.807, 2.05) is 39.8 Å². The van der Waals surface area contributed by atoms with Crippen LogP contribution in [0.3, 0.4) is 0 Å². The fourth-order valence-corrected chi connectivity index (χ4v) is 2.18. The van der Waals surface area contributed by atoms with Gasteiger partial charge in [-0.25, -0.2) is 0 Å². The van der Waals surface area contributed by atoms with Gasteiger partial charge in [0.1, 0.15) is 0 Å². The minimum atomic E-state index is -0.362. The average Bonchev–Trinajstić information content (AvgIpc) is 2.45. The molecule has 1 rings (SSSR count). The third kappa shape index (κ3) is 3.97. The van der Waals surface area contributed by atoms with Crippen molar-refractivity contribution in [2.45, 2.75) is 40.5 Å². The molecule has 0 aromatic heterocycles. The van der Waals surface area contributed by atoms with E-state index in [0.717, 1.165) is 11.1 Å². The maximum Gasteiger partial charge on any atom is 0.262 e. The summed E-state index contributed by atoms with van der Waals surface area (Å²) in [5.74, 6) is -0.372. The van der Waals surface area contributed by atoms with E-state index in [4.69, 9.17) is 9.47 Å². The maximum atomic E-state index is 12.7. The average molecular weight is 304 g/mol. The lowest BCUT2D eigenvalue weighted by atomic mass is 9.88. The molecule has 0 atom stereocenters. The summed E-state index contributed by atoms with van der Waals surface area (Å²) in [6.45, 7) is 7.79. The van der Waals surface area contributed by atoms with Crippen LogP contribution in [0, 0.1) is 0 Å². The van der Waals surface area contributed by atoms with Gasteiger partial charge in [-0.3, -0.25) is 9.59 Å². The van der Waals surface area contributed by atoms with Crippen LogP contribution in [0.4, 0.5) is 0 Å². The van der Waals surface area contributed by atoms with Crippen LogP contribution in [0.5, 0.6) is 0 Å². The van der Waals surface area contributed by atoms with Crippen molar-refractivity contribution in [1.29, 1.82) is 0 Å². The van der Waals surface area contributed by atoms with Crippen LogP contribution in [0.15, 0.2) is 46.0 Å². The van der Waals surface area contributed by atoms with Crippen molar-refractivity contribution in [3.8, 4) is 0 Å². The fourth-order valence-electron chi connectivity index (χ4n) is 2.18. The molecule has 0 aliphatic heterocycles. The van der Waals surface area contributed by atoms with E-state index >= 15 is 0 Å². The molecular weight excluding hydrogens is 280 g/mol. The summed E-state index contributed by atoms with van der Waals surface area (Å²) in [6.07, 6.45) is 4.59. The molecule has 0 amide bonds. The largest absolute Gasteiger partial charge is 0.492 e.